The smallest absolute Gasteiger partial charge is 0.228 e. The van der Waals surface area contributed by atoms with E-state index in [0.29, 0.717) is 19.1 Å². The summed E-state index contributed by atoms with van der Waals surface area (Å²) in [5.74, 6) is 1.33. The first kappa shape index (κ1) is 13.4. The van der Waals surface area contributed by atoms with Crippen molar-refractivity contribution in [2.75, 3.05) is 13.2 Å². The van der Waals surface area contributed by atoms with Gasteiger partial charge < -0.3 is 15.8 Å². The van der Waals surface area contributed by atoms with Gasteiger partial charge >= 0.3 is 0 Å². The number of benzene rings is 1. The fraction of sp³-hybridized carbons (Fsp3) is 0.562. The van der Waals surface area contributed by atoms with Crippen molar-refractivity contribution in [3.05, 3.63) is 29.8 Å². The van der Waals surface area contributed by atoms with Crippen LogP contribution < -0.4 is 15.8 Å². The lowest BCUT2D eigenvalue weighted by Gasteiger charge is -2.27. The number of hydrogen-bond donors (Lipinski definition) is 2. The Labute approximate surface area is 119 Å². The van der Waals surface area contributed by atoms with Gasteiger partial charge in [0.2, 0.25) is 5.91 Å². The molecule has 0 saturated heterocycles. The lowest BCUT2D eigenvalue weighted by Crippen LogP contribution is -2.43. The molecule has 0 aromatic heterocycles. The van der Waals surface area contributed by atoms with Crippen LogP contribution in [0, 0.1) is 5.92 Å². The van der Waals surface area contributed by atoms with Crippen LogP contribution in [0.3, 0.4) is 0 Å². The number of para-hydroxylation sites is 1. The zero-order chi connectivity index (χ0) is 13.9. The molecule has 3 atom stereocenters. The highest BCUT2D eigenvalue weighted by Gasteiger charge is 2.32. The predicted octanol–water partition coefficient (Wildman–Crippen LogP) is 1.80. The molecule has 1 aromatic rings. The van der Waals surface area contributed by atoms with E-state index in [0.717, 1.165) is 37.0 Å². The number of hydrogen-bond acceptors (Lipinski definition) is 3. The van der Waals surface area contributed by atoms with E-state index in [4.69, 9.17) is 10.5 Å². The number of ether oxygens (including phenoxy) is 1. The number of rotatable bonds is 3. The van der Waals surface area contributed by atoms with Crippen molar-refractivity contribution in [2.45, 2.75) is 37.6 Å². The van der Waals surface area contributed by atoms with E-state index in [1.165, 1.54) is 0 Å². The molecule has 3 N–H and O–H groups in total. The molecule has 2 aliphatic rings. The van der Waals surface area contributed by atoms with Crippen LogP contribution in [0.5, 0.6) is 5.75 Å². The molecule has 1 fully saturated rings. The van der Waals surface area contributed by atoms with Crippen LogP contribution in [0.4, 0.5) is 0 Å². The highest BCUT2D eigenvalue weighted by molar-refractivity contribution is 5.85. The van der Waals surface area contributed by atoms with Gasteiger partial charge in [-0.1, -0.05) is 24.6 Å². The van der Waals surface area contributed by atoms with E-state index in [1.54, 1.807) is 0 Å². The average Bonchev–Trinajstić information content (AvgIpc) is 2.93. The van der Waals surface area contributed by atoms with Crippen LogP contribution in [-0.4, -0.2) is 25.1 Å². The van der Waals surface area contributed by atoms with Crippen LogP contribution in [0.1, 0.15) is 37.2 Å². The minimum Gasteiger partial charge on any atom is -0.493 e. The third-order valence-corrected chi connectivity index (χ3v) is 4.56. The zero-order valence-electron chi connectivity index (χ0n) is 11.7. The Morgan fingerprint density at radius 1 is 1.30 bits per heavy atom. The minimum absolute atomic E-state index is 0.0843. The average molecular weight is 274 g/mol. The molecule has 1 aliphatic carbocycles. The maximum Gasteiger partial charge on any atom is 0.228 e. The van der Waals surface area contributed by atoms with Gasteiger partial charge in [0.25, 0.3) is 0 Å². The first-order valence-corrected chi connectivity index (χ1v) is 7.51. The van der Waals surface area contributed by atoms with Crippen LogP contribution in [0.2, 0.25) is 0 Å². The summed E-state index contributed by atoms with van der Waals surface area (Å²) in [6.45, 7) is 1.27. The van der Waals surface area contributed by atoms with Gasteiger partial charge in [0.1, 0.15) is 5.75 Å². The monoisotopic (exact) mass is 274 g/mol. The molecule has 1 heterocycles. The first-order chi connectivity index (χ1) is 9.79. The molecule has 1 aromatic carbocycles. The lowest BCUT2D eigenvalue weighted by atomic mass is 9.91. The normalized spacial score (nSPS) is 28.6. The number of carbonyl (C=O) groups excluding carboxylic acids is 1. The fourth-order valence-electron chi connectivity index (χ4n) is 3.41. The topological polar surface area (TPSA) is 64.3 Å². The Morgan fingerprint density at radius 2 is 2.15 bits per heavy atom. The second-order valence-corrected chi connectivity index (χ2v) is 5.77. The summed E-state index contributed by atoms with van der Waals surface area (Å²) in [6.07, 6.45) is 4.10. The summed E-state index contributed by atoms with van der Waals surface area (Å²) in [5, 5.41) is 3.22. The largest absolute Gasteiger partial charge is 0.493 e. The summed E-state index contributed by atoms with van der Waals surface area (Å²) in [6, 6.07) is 8.09. The van der Waals surface area contributed by atoms with Gasteiger partial charge in [-0.15, -0.1) is 0 Å². The highest BCUT2D eigenvalue weighted by Crippen LogP contribution is 2.34. The minimum atomic E-state index is -0.0843. The van der Waals surface area contributed by atoms with Crippen molar-refractivity contribution >= 4 is 5.91 Å². The molecule has 0 bridgehead atoms. The van der Waals surface area contributed by atoms with Crippen molar-refractivity contribution in [1.29, 1.82) is 0 Å². The summed E-state index contributed by atoms with van der Waals surface area (Å²) in [7, 11) is 0. The van der Waals surface area contributed by atoms with Crippen LogP contribution in [0.25, 0.3) is 0 Å². The van der Waals surface area contributed by atoms with E-state index >= 15 is 0 Å². The predicted molar refractivity (Wildman–Crippen MR) is 77.6 cm³/mol. The van der Waals surface area contributed by atoms with Gasteiger partial charge in [-0.2, -0.15) is 0 Å². The second kappa shape index (κ2) is 5.83. The molecular formula is C16H22N2O2. The zero-order valence-corrected chi connectivity index (χ0v) is 11.7. The van der Waals surface area contributed by atoms with Gasteiger partial charge in [0.15, 0.2) is 0 Å². The van der Waals surface area contributed by atoms with Crippen LogP contribution in [-0.2, 0) is 4.79 Å². The van der Waals surface area contributed by atoms with Gasteiger partial charge in [-0.3, -0.25) is 4.79 Å². The van der Waals surface area contributed by atoms with E-state index in [9.17, 15) is 4.79 Å². The summed E-state index contributed by atoms with van der Waals surface area (Å²) in [5.41, 5.74) is 6.80. The fourth-order valence-corrected chi connectivity index (χ4v) is 3.41. The SMILES string of the molecule is NCC1CCCC1NC(=O)C1CCOc2ccccc21. The number of nitrogens with one attached hydrogen (secondary N) is 1. The number of amides is 1. The third kappa shape index (κ3) is 2.52. The molecule has 108 valence electrons. The molecular weight excluding hydrogens is 252 g/mol. The molecule has 4 heteroatoms. The van der Waals surface area contributed by atoms with E-state index in [-0.39, 0.29) is 17.9 Å². The first-order valence-electron chi connectivity index (χ1n) is 7.51. The van der Waals surface area contributed by atoms with E-state index < -0.39 is 0 Å². The molecule has 1 aliphatic heterocycles. The molecule has 0 spiro atoms. The molecule has 3 unspecified atom stereocenters. The van der Waals surface area contributed by atoms with Crippen molar-refractivity contribution in [3.63, 3.8) is 0 Å². The van der Waals surface area contributed by atoms with E-state index in [1.807, 2.05) is 24.3 Å². The molecule has 0 radical (unpaired) electrons. The number of carbonyl (C=O) groups is 1. The molecule has 1 saturated carbocycles. The maximum atomic E-state index is 12.6. The Balaban J connectivity index is 1.72. The quantitative estimate of drug-likeness (QED) is 0.883. The molecule has 20 heavy (non-hydrogen) atoms. The van der Waals surface area contributed by atoms with Gasteiger partial charge in [-0.25, -0.2) is 0 Å². The van der Waals surface area contributed by atoms with Gasteiger partial charge in [-0.05, 0) is 37.8 Å². The Kier molecular flexibility index (Phi) is 3.92. The van der Waals surface area contributed by atoms with Crippen molar-refractivity contribution < 1.29 is 9.53 Å². The highest BCUT2D eigenvalue weighted by atomic mass is 16.5. The Bertz CT molecular complexity index is 489. The summed E-state index contributed by atoms with van der Waals surface area (Å²) < 4.78 is 5.62. The maximum absolute atomic E-state index is 12.6. The van der Waals surface area contributed by atoms with Crippen LogP contribution in [0.15, 0.2) is 24.3 Å². The van der Waals surface area contributed by atoms with Crippen molar-refractivity contribution in [2.24, 2.45) is 11.7 Å². The number of fused-ring (bicyclic) bond motifs is 1. The summed E-state index contributed by atoms with van der Waals surface area (Å²) in [4.78, 5) is 12.6. The van der Waals surface area contributed by atoms with E-state index in [2.05, 4.69) is 5.32 Å². The lowest BCUT2D eigenvalue weighted by molar-refractivity contribution is -0.124. The third-order valence-electron chi connectivity index (χ3n) is 4.56. The van der Waals surface area contributed by atoms with Gasteiger partial charge in [0.05, 0.1) is 12.5 Å². The molecule has 3 rings (SSSR count). The molecule has 1 amide bonds. The second-order valence-electron chi connectivity index (χ2n) is 5.77. The van der Waals surface area contributed by atoms with Crippen LogP contribution >= 0.6 is 0 Å². The molecule has 4 nitrogen and oxygen atoms in total. The number of nitrogens with two attached hydrogens (primary N) is 1. The summed E-state index contributed by atoms with van der Waals surface area (Å²) >= 11 is 0. The van der Waals surface area contributed by atoms with Crippen molar-refractivity contribution in [1.82, 2.24) is 5.32 Å². The van der Waals surface area contributed by atoms with Gasteiger partial charge in [0, 0.05) is 11.6 Å². The standard InChI is InChI=1S/C16H22N2O2/c17-10-11-4-3-6-14(11)18-16(19)13-8-9-20-15-7-2-1-5-12(13)15/h1-2,5,7,11,13-14H,3-4,6,8-10,17H2,(H,18,19). The Hall–Kier alpha value is -1.55. The van der Waals surface area contributed by atoms with Crippen molar-refractivity contribution in [3.8, 4) is 5.75 Å². The Morgan fingerprint density at radius 3 is 3.00 bits per heavy atom.